The molecule has 0 aliphatic rings. The lowest BCUT2D eigenvalue weighted by molar-refractivity contribution is -0.124. The van der Waals surface area contributed by atoms with Crippen LogP contribution in [-0.2, 0) is 16.1 Å². The van der Waals surface area contributed by atoms with Gasteiger partial charge in [-0.15, -0.1) is 0 Å². The monoisotopic (exact) mass is 270 g/mol. The van der Waals surface area contributed by atoms with Gasteiger partial charge in [-0.2, -0.15) is 0 Å². The van der Waals surface area contributed by atoms with Crippen molar-refractivity contribution in [2.75, 3.05) is 6.61 Å². The molecule has 0 N–H and O–H groups in total. The summed E-state index contributed by atoms with van der Waals surface area (Å²) in [6.07, 6.45) is 1.50. The Bertz CT molecular complexity index is 306. The van der Waals surface area contributed by atoms with Crippen molar-refractivity contribution >= 4 is 21.7 Å². The lowest BCUT2D eigenvalue weighted by atomic mass is 10.2. The number of ether oxygens (including phenoxy) is 1. The van der Waals surface area contributed by atoms with Gasteiger partial charge in [0.05, 0.1) is 6.61 Å². The minimum Gasteiger partial charge on any atom is -0.369 e. The number of Topliss-reactive ketones (excluding diaryl/α,β-unsaturated/α-hetero) is 1. The fourth-order valence-corrected chi connectivity index (χ4v) is 1.48. The Morgan fingerprint density at radius 2 is 2.00 bits per heavy atom. The summed E-state index contributed by atoms with van der Waals surface area (Å²) in [5.74, 6) is 0.176. The van der Waals surface area contributed by atoms with Crippen LogP contribution in [0.2, 0.25) is 0 Å². The lowest BCUT2D eigenvalue weighted by Gasteiger charge is -2.03. The zero-order valence-electron chi connectivity index (χ0n) is 8.83. The maximum Gasteiger partial charge on any atom is 0.158 e. The lowest BCUT2D eigenvalue weighted by Crippen LogP contribution is -2.07. The highest BCUT2D eigenvalue weighted by Crippen LogP contribution is 2.11. The van der Waals surface area contributed by atoms with E-state index in [1.165, 1.54) is 0 Å². The molecule has 0 heterocycles. The SMILES string of the molecule is CCCC(=O)COCc1ccc(Br)cc1. The number of hydrogen-bond acceptors (Lipinski definition) is 2. The largest absolute Gasteiger partial charge is 0.369 e. The van der Waals surface area contributed by atoms with Gasteiger partial charge in [0.15, 0.2) is 5.78 Å². The molecular weight excluding hydrogens is 256 g/mol. The molecule has 0 saturated carbocycles. The third kappa shape index (κ3) is 5.09. The molecule has 0 fully saturated rings. The average Bonchev–Trinajstić information content (AvgIpc) is 2.21. The number of ketones is 1. The predicted molar refractivity (Wildman–Crippen MR) is 63.7 cm³/mol. The Hall–Kier alpha value is -0.670. The second-order valence-electron chi connectivity index (χ2n) is 3.41. The maximum absolute atomic E-state index is 11.2. The number of benzene rings is 1. The normalized spacial score (nSPS) is 10.3. The van der Waals surface area contributed by atoms with Gasteiger partial charge in [-0.3, -0.25) is 4.79 Å². The van der Waals surface area contributed by atoms with Gasteiger partial charge in [0.25, 0.3) is 0 Å². The van der Waals surface area contributed by atoms with E-state index in [1.54, 1.807) is 0 Å². The van der Waals surface area contributed by atoms with E-state index in [4.69, 9.17) is 4.74 Å². The van der Waals surface area contributed by atoms with Crippen molar-refractivity contribution in [1.82, 2.24) is 0 Å². The van der Waals surface area contributed by atoms with Crippen molar-refractivity contribution in [3.63, 3.8) is 0 Å². The van der Waals surface area contributed by atoms with E-state index in [9.17, 15) is 4.79 Å². The van der Waals surface area contributed by atoms with Crippen molar-refractivity contribution in [2.24, 2.45) is 0 Å². The Labute approximate surface area is 98.8 Å². The van der Waals surface area contributed by atoms with E-state index in [0.717, 1.165) is 16.5 Å². The number of halogens is 1. The molecule has 1 aromatic carbocycles. The molecule has 0 atom stereocenters. The number of rotatable bonds is 6. The fraction of sp³-hybridized carbons (Fsp3) is 0.417. The van der Waals surface area contributed by atoms with Gasteiger partial charge < -0.3 is 4.74 Å². The topological polar surface area (TPSA) is 26.3 Å². The Morgan fingerprint density at radius 3 is 2.60 bits per heavy atom. The molecule has 0 spiro atoms. The maximum atomic E-state index is 11.2. The van der Waals surface area contributed by atoms with Crippen molar-refractivity contribution in [2.45, 2.75) is 26.4 Å². The summed E-state index contributed by atoms with van der Waals surface area (Å²) >= 11 is 3.36. The number of carbonyl (C=O) groups is 1. The average molecular weight is 271 g/mol. The van der Waals surface area contributed by atoms with Crippen LogP contribution < -0.4 is 0 Å². The van der Waals surface area contributed by atoms with Crippen LogP contribution in [0.25, 0.3) is 0 Å². The van der Waals surface area contributed by atoms with E-state index in [-0.39, 0.29) is 12.4 Å². The molecule has 0 bridgehead atoms. The summed E-state index contributed by atoms with van der Waals surface area (Å²) in [7, 11) is 0. The summed E-state index contributed by atoms with van der Waals surface area (Å²) in [6.45, 7) is 2.72. The van der Waals surface area contributed by atoms with Crippen molar-refractivity contribution in [3.05, 3.63) is 34.3 Å². The van der Waals surface area contributed by atoms with E-state index in [0.29, 0.717) is 13.0 Å². The molecular formula is C12H15BrO2. The molecule has 0 unspecified atom stereocenters. The summed E-state index contributed by atoms with van der Waals surface area (Å²) in [4.78, 5) is 11.2. The Balaban J connectivity index is 2.26. The molecule has 0 aliphatic carbocycles. The predicted octanol–water partition coefficient (Wildman–Crippen LogP) is 3.33. The minimum absolute atomic E-state index is 0.176. The van der Waals surface area contributed by atoms with Crippen molar-refractivity contribution < 1.29 is 9.53 Å². The Morgan fingerprint density at radius 1 is 1.33 bits per heavy atom. The van der Waals surface area contributed by atoms with Crippen LogP contribution in [-0.4, -0.2) is 12.4 Å². The van der Waals surface area contributed by atoms with Crippen molar-refractivity contribution in [3.8, 4) is 0 Å². The van der Waals surface area contributed by atoms with E-state index >= 15 is 0 Å². The summed E-state index contributed by atoms with van der Waals surface area (Å²) in [5, 5.41) is 0. The smallest absolute Gasteiger partial charge is 0.158 e. The number of carbonyl (C=O) groups excluding carboxylic acids is 1. The minimum atomic E-state index is 0.176. The molecule has 2 nitrogen and oxygen atoms in total. The second kappa shape index (κ2) is 6.75. The molecule has 0 amide bonds. The molecule has 0 radical (unpaired) electrons. The summed E-state index contributed by atoms with van der Waals surface area (Å²) in [5.41, 5.74) is 1.09. The van der Waals surface area contributed by atoms with Gasteiger partial charge in [0.2, 0.25) is 0 Å². The first-order chi connectivity index (χ1) is 7.22. The van der Waals surface area contributed by atoms with Gasteiger partial charge >= 0.3 is 0 Å². The quantitative estimate of drug-likeness (QED) is 0.793. The van der Waals surface area contributed by atoms with Crippen LogP contribution in [0.4, 0.5) is 0 Å². The van der Waals surface area contributed by atoms with Gasteiger partial charge in [0.1, 0.15) is 6.61 Å². The van der Waals surface area contributed by atoms with Crippen LogP contribution in [0.5, 0.6) is 0 Å². The van der Waals surface area contributed by atoms with Gasteiger partial charge in [-0.1, -0.05) is 35.0 Å². The first kappa shape index (κ1) is 12.4. The molecule has 0 aliphatic heterocycles. The van der Waals surface area contributed by atoms with Crippen LogP contribution in [0, 0.1) is 0 Å². The van der Waals surface area contributed by atoms with Gasteiger partial charge in [-0.25, -0.2) is 0 Å². The van der Waals surface area contributed by atoms with Crippen LogP contribution in [0.1, 0.15) is 25.3 Å². The molecule has 0 aromatic heterocycles. The van der Waals surface area contributed by atoms with Crippen LogP contribution in [0.15, 0.2) is 28.7 Å². The first-order valence-electron chi connectivity index (χ1n) is 5.06. The van der Waals surface area contributed by atoms with E-state index in [1.807, 2.05) is 31.2 Å². The standard InChI is InChI=1S/C12H15BrO2/c1-2-3-12(14)9-15-8-10-4-6-11(13)7-5-10/h4-7H,2-3,8-9H2,1H3. The molecule has 1 rings (SSSR count). The second-order valence-corrected chi connectivity index (χ2v) is 4.32. The van der Waals surface area contributed by atoms with Crippen LogP contribution >= 0.6 is 15.9 Å². The summed E-state index contributed by atoms with van der Waals surface area (Å²) < 4.78 is 6.36. The fourth-order valence-electron chi connectivity index (χ4n) is 1.21. The van der Waals surface area contributed by atoms with Gasteiger partial charge in [-0.05, 0) is 24.1 Å². The highest BCUT2D eigenvalue weighted by Gasteiger charge is 2.00. The van der Waals surface area contributed by atoms with Gasteiger partial charge in [0, 0.05) is 10.9 Å². The molecule has 15 heavy (non-hydrogen) atoms. The first-order valence-corrected chi connectivity index (χ1v) is 5.85. The summed E-state index contributed by atoms with van der Waals surface area (Å²) in [6, 6.07) is 7.89. The molecule has 3 heteroatoms. The number of hydrogen-bond donors (Lipinski definition) is 0. The van der Waals surface area contributed by atoms with Crippen LogP contribution in [0.3, 0.4) is 0 Å². The zero-order valence-corrected chi connectivity index (χ0v) is 10.4. The van der Waals surface area contributed by atoms with E-state index < -0.39 is 0 Å². The third-order valence-electron chi connectivity index (χ3n) is 1.97. The molecule has 82 valence electrons. The highest BCUT2D eigenvalue weighted by molar-refractivity contribution is 9.10. The Kier molecular flexibility index (Phi) is 5.58. The highest BCUT2D eigenvalue weighted by atomic mass is 79.9. The third-order valence-corrected chi connectivity index (χ3v) is 2.50. The molecule has 0 saturated heterocycles. The molecule has 1 aromatic rings. The van der Waals surface area contributed by atoms with Crippen molar-refractivity contribution in [1.29, 1.82) is 0 Å². The zero-order chi connectivity index (χ0) is 11.1. The van der Waals surface area contributed by atoms with E-state index in [2.05, 4.69) is 15.9 Å².